The molecule has 0 aliphatic carbocycles. The van der Waals surface area contributed by atoms with Crippen LogP contribution in [0.3, 0.4) is 0 Å². The molecule has 152 valence electrons. The number of hydrogen-bond donors (Lipinski definition) is 3. The van der Waals surface area contributed by atoms with Crippen molar-refractivity contribution in [1.82, 2.24) is 14.9 Å². The molecule has 2 aliphatic heterocycles. The lowest BCUT2D eigenvalue weighted by molar-refractivity contribution is 0.0927. The van der Waals surface area contributed by atoms with Crippen LogP contribution in [0.1, 0.15) is 23.2 Å². The molecule has 0 aromatic heterocycles. The van der Waals surface area contributed by atoms with E-state index in [-0.39, 0.29) is 40.4 Å². The summed E-state index contributed by atoms with van der Waals surface area (Å²) in [7, 11) is -2.29. The van der Waals surface area contributed by atoms with E-state index in [0.29, 0.717) is 32.7 Å². The Labute approximate surface area is 165 Å². The van der Waals surface area contributed by atoms with Gasteiger partial charge in [0.1, 0.15) is 10.6 Å². The van der Waals surface area contributed by atoms with Crippen molar-refractivity contribution in [3.63, 3.8) is 0 Å². The zero-order valence-electron chi connectivity index (χ0n) is 15.2. The lowest BCUT2D eigenvalue weighted by atomic mass is 10.1. The van der Waals surface area contributed by atoms with Gasteiger partial charge in [-0.3, -0.25) is 4.79 Å². The van der Waals surface area contributed by atoms with Gasteiger partial charge in [0, 0.05) is 44.2 Å². The van der Waals surface area contributed by atoms with Crippen LogP contribution in [0.25, 0.3) is 0 Å². The summed E-state index contributed by atoms with van der Waals surface area (Å²) < 4.78 is 32.4. The summed E-state index contributed by atoms with van der Waals surface area (Å²) in [6, 6.07) is 4.41. The van der Waals surface area contributed by atoms with Gasteiger partial charge in [-0.15, -0.1) is 12.4 Å². The van der Waals surface area contributed by atoms with Gasteiger partial charge < -0.3 is 20.5 Å². The number of nitrogens with one attached hydrogen (secondary N) is 2. The molecule has 27 heavy (non-hydrogen) atoms. The Morgan fingerprint density at radius 3 is 2.63 bits per heavy atom. The SMILES string of the molecule is COc1ccc(C(=O)NCC2CNCC2O)cc1S(=O)(=O)N1CCCC1.Cl. The number of aliphatic hydroxyl groups is 1. The zero-order valence-corrected chi connectivity index (χ0v) is 16.8. The van der Waals surface area contributed by atoms with Crippen LogP contribution in [-0.2, 0) is 10.0 Å². The van der Waals surface area contributed by atoms with E-state index in [0.717, 1.165) is 12.8 Å². The molecule has 1 aromatic carbocycles. The monoisotopic (exact) mass is 419 g/mol. The standard InChI is InChI=1S/C17H25N3O5S.ClH/c1-25-15-5-4-12(17(22)19-10-13-9-18-11-14(13)21)8-16(15)26(23,24)20-6-2-3-7-20;/h4-5,8,13-14,18,21H,2-3,6-7,9-11H2,1H3,(H,19,22);1H. The van der Waals surface area contributed by atoms with E-state index in [1.807, 2.05) is 0 Å². The number of β-amino-alcohol motifs (C(OH)–C–C–N with tert-alkyl or cyclic N) is 1. The van der Waals surface area contributed by atoms with Crippen LogP contribution in [0, 0.1) is 5.92 Å². The summed E-state index contributed by atoms with van der Waals surface area (Å²) in [6.45, 7) is 2.44. The number of sulfonamides is 1. The normalized spacial score (nSPS) is 23.0. The van der Waals surface area contributed by atoms with Crippen molar-refractivity contribution < 1.29 is 23.1 Å². The molecule has 3 rings (SSSR count). The molecular weight excluding hydrogens is 394 g/mol. The highest BCUT2D eigenvalue weighted by Crippen LogP contribution is 2.29. The number of rotatable bonds is 6. The molecule has 1 aromatic rings. The molecule has 2 fully saturated rings. The van der Waals surface area contributed by atoms with Gasteiger partial charge in [0.05, 0.1) is 13.2 Å². The molecule has 1 amide bonds. The molecule has 0 spiro atoms. The fourth-order valence-corrected chi connectivity index (χ4v) is 5.04. The number of ether oxygens (including phenoxy) is 1. The minimum Gasteiger partial charge on any atom is -0.495 e. The van der Waals surface area contributed by atoms with E-state index in [9.17, 15) is 18.3 Å². The molecule has 10 heteroatoms. The van der Waals surface area contributed by atoms with Crippen LogP contribution in [0.2, 0.25) is 0 Å². The number of carbonyl (C=O) groups is 1. The first-order chi connectivity index (χ1) is 12.4. The van der Waals surface area contributed by atoms with E-state index in [1.165, 1.54) is 23.5 Å². The maximum absolute atomic E-state index is 12.9. The average molecular weight is 420 g/mol. The number of methoxy groups -OCH3 is 1. The minimum absolute atomic E-state index is 0. The van der Waals surface area contributed by atoms with Gasteiger partial charge in [-0.1, -0.05) is 0 Å². The third-order valence-corrected chi connectivity index (χ3v) is 6.86. The van der Waals surface area contributed by atoms with Gasteiger partial charge in [0.15, 0.2) is 0 Å². The van der Waals surface area contributed by atoms with Crippen LogP contribution >= 0.6 is 12.4 Å². The van der Waals surface area contributed by atoms with Gasteiger partial charge in [0.2, 0.25) is 10.0 Å². The third kappa shape index (κ3) is 4.72. The highest BCUT2D eigenvalue weighted by atomic mass is 35.5. The average Bonchev–Trinajstić information content (AvgIpc) is 3.31. The molecule has 0 radical (unpaired) electrons. The number of carbonyl (C=O) groups excluding carboxylic acids is 1. The number of hydrogen-bond acceptors (Lipinski definition) is 6. The number of nitrogens with zero attached hydrogens (tertiary/aromatic N) is 1. The molecule has 3 N–H and O–H groups in total. The van der Waals surface area contributed by atoms with Crippen LogP contribution < -0.4 is 15.4 Å². The first kappa shape index (κ1) is 21.9. The predicted octanol–water partition coefficient (Wildman–Crippen LogP) is 0.212. The second kappa shape index (κ2) is 9.20. The molecular formula is C17H26ClN3O5S. The molecule has 0 saturated carbocycles. The van der Waals surface area contributed by atoms with Crippen molar-refractivity contribution >= 4 is 28.3 Å². The summed E-state index contributed by atoms with van der Waals surface area (Å²) in [5.74, 6) is -0.196. The van der Waals surface area contributed by atoms with Gasteiger partial charge in [-0.2, -0.15) is 4.31 Å². The van der Waals surface area contributed by atoms with Crippen molar-refractivity contribution in [2.24, 2.45) is 5.92 Å². The van der Waals surface area contributed by atoms with E-state index in [2.05, 4.69) is 10.6 Å². The molecule has 2 aliphatic rings. The van der Waals surface area contributed by atoms with Gasteiger partial charge in [0.25, 0.3) is 5.91 Å². The Hall–Kier alpha value is -1.39. The summed E-state index contributed by atoms with van der Waals surface area (Å²) in [5.41, 5.74) is 0.254. The fraction of sp³-hybridized carbons (Fsp3) is 0.588. The van der Waals surface area contributed by atoms with Crippen LogP contribution in [-0.4, -0.2) is 69.7 Å². The van der Waals surface area contributed by atoms with Crippen molar-refractivity contribution in [1.29, 1.82) is 0 Å². The lowest BCUT2D eigenvalue weighted by Gasteiger charge is -2.18. The number of amides is 1. The number of halogens is 1. The molecule has 2 unspecified atom stereocenters. The first-order valence-electron chi connectivity index (χ1n) is 8.78. The molecule has 2 saturated heterocycles. The maximum atomic E-state index is 12.9. The zero-order chi connectivity index (χ0) is 18.7. The third-order valence-electron chi connectivity index (χ3n) is 4.94. The predicted molar refractivity (Wildman–Crippen MR) is 103 cm³/mol. The van der Waals surface area contributed by atoms with Gasteiger partial charge in [-0.25, -0.2) is 8.42 Å². The maximum Gasteiger partial charge on any atom is 0.251 e. The summed E-state index contributed by atoms with van der Waals surface area (Å²) >= 11 is 0. The lowest BCUT2D eigenvalue weighted by Crippen LogP contribution is -2.34. The minimum atomic E-state index is -3.70. The van der Waals surface area contributed by atoms with Crippen LogP contribution in [0.5, 0.6) is 5.75 Å². The highest BCUT2D eigenvalue weighted by Gasteiger charge is 2.31. The molecule has 0 bridgehead atoms. The van der Waals surface area contributed by atoms with Crippen molar-refractivity contribution in [2.45, 2.75) is 23.8 Å². The van der Waals surface area contributed by atoms with E-state index >= 15 is 0 Å². The Bertz CT molecular complexity index is 768. The molecule has 2 atom stereocenters. The van der Waals surface area contributed by atoms with E-state index < -0.39 is 16.1 Å². The Kier molecular flexibility index (Phi) is 7.47. The quantitative estimate of drug-likeness (QED) is 0.608. The van der Waals surface area contributed by atoms with Crippen molar-refractivity contribution in [3.8, 4) is 5.75 Å². The Balaban J connectivity index is 0.00000261. The van der Waals surface area contributed by atoms with Crippen molar-refractivity contribution in [2.75, 3.05) is 39.8 Å². The Morgan fingerprint density at radius 2 is 2.04 bits per heavy atom. The fourth-order valence-electron chi connectivity index (χ4n) is 3.34. The van der Waals surface area contributed by atoms with E-state index in [1.54, 1.807) is 6.07 Å². The highest BCUT2D eigenvalue weighted by molar-refractivity contribution is 7.89. The first-order valence-corrected chi connectivity index (χ1v) is 10.2. The topological polar surface area (TPSA) is 108 Å². The summed E-state index contributed by atoms with van der Waals surface area (Å²) in [5, 5.41) is 15.6. The van der Waals surface area contributed by atoms with Crippen LogP contribution in [0.15, 0.2) is 23.1 Å². The number of aliphatic hydroxyl groups excluding tert-OH is 1. The Morgan fingerprint density at radius 1 is 1.33 bits per heavy atom. The second-order valence-electron chi connectivity index (χ2n) is 6.67. The van der Waals surface area contributed by atoms with E-state index in [4.69, 9.17) is 4.74 Å². The largest absolute Gasteiger partial charge is 0.495 e. The second-order valence-corrected chi connectivity index (χ2v) is 8.58. The summed E-state index contributed by atoms with van der Waals surface area (Å²) in [6.07, 6.45) is 1.18. The summed E-state index contributed by atoms with van der Waals surface area (Å²) in [4.78, 5) is 12.5. The van der Waals surface area contributed by atoms with Crippen molar-refractivity contribution in [3.05, 3.63) is 23.8 Å². The molecule has 8 nitrogen and oxygen atoms in total. The smallest absolute Gasteiger partial charge is 0.251 e. The van der Waals surface area contributed by atoms with Gasteiger partial charge in [-0.05, 0) is 31.0 Å². The number of benzene rings is 1. The molecule has 2 heterocycles. The van der Waals surface area contributed by atoms with Gasteiger partial charge >= 0.3 is 0 Å². The van der Waals surface area contributed by atoms with Crippen LogP contribution in [0.4, 0.5) is 0 Å².